The molecule has 1 aromatic heterocycles. The summed E-state index contributed by atoms with van der Waals surface area (Å²) in [6.45, 7) is 4.21. The molecule has 0 amide bonds. The van der Waals surface area contributed by atoms with Gasteiger partial charge < -0.3 is 5.11 Å². The molecule has 1 aliphatic carbocycles. The van der Waals surface area contributed by atoms with Crippen LogP contribution in [0, 0.1) is 11.8 Å². The third-order valence-corrected chi connectivity index (χ3v) is 6.27. The third kappa shape index (κ3) is 3.16. The van der Waals surface area contributed by atoms with Crippen molar-refractivity contribution in [2.45, 2.75) is 58.0 Å². The van der Waals surface area contributed by atoms with Crippen molar-refractivity contribution in [3.05, 3.63) is 21.9 Å². The van der Waals surface area contributed by atoms with E-state index < -0.39 is 5.97 Å². The minimum absolute atomic E-state index is 0.168. The first-order valence-corrected chi connectivity index (χ1v) is 9.09. The molecule has 1 fully saturated rings. The summed E-state index contributed by atoms with van der Waals surface area (Å²) in [5.74, 6) is -0.0381. The summed E-state index contributed by atoms with van der Waals surface area (Å²) in [5, 5.41) is 11.8. The highest BCUT2D eigenvalue weighted by Gasteiger charge is 2.39. The normalized spacial score (nSPS) is 30.0. The van der Waals surface area contributed by atoms with Crippen LogP contribution in [0.15, 0.2) is 11.4 Å². The van der Waals surface area contributed by atoms with Crippen molar-refractivity contribution < 1.29 is 9.90 Å². The summed E-state index contributed by atoms with van der Waals surface area (Å²) in [6.07, 6.45) is 6.58. The number of hydrogen-bond donors (Lipinski definition) is 1. The second-order valence-corrected chi connectivity index (χ2v) is 7.57. The molecule has 3 nitrogen and oxygen atoms in total. The molecule has 1 aliphatic heterocycles. The number of fused-ring (bicyclic) bond motifs is 1. The summed E-state index contributed by atoms with van der Waals surface area (Å²) < 4.78 is 0. The van der Waals surface area contributed by atoms with Crippen LogP contribution in [0.3, 0.4) is 0 Å². The van der Waals surface area contributed by atoms with E-state index in [1.54, 1.807) is 0 Å². The SMILES string of the molecule is CCCC1CCC(C(=O)O)C(N2CCc3sccc3C2)C1. The molecule has 0 bridgehead atoms. The molecule has 0 aromatic carbocycles. The Morgan fingerprint density at radius 2 is 2.33 bits per heavy atom. The fraction of sp³-hybridized carbons (Fsp3) is 0.706. The molecule has 0 radical (unpaired) electrons. The average Bonchev–Trinajstić information content (AvgIpc) is 2.94. The Labute approximate surface area is 131 Å². The maximum Gasteiger partial charge on any atom is 0.308 e. The highest BCUT2D eigenvalue weighted by molar-refractivity contribution is 7.10. The molecule has 21 heavy (non-hydrogen) atoms. The Kier molecular flexibility index (Phi) is 4.65. The lowest BCUT2D eigenvalue weighted by molar-refractivity contribution is -0.146. The first-order valence-electron chi connectivity index (χ1n) is 8.21. The number of thiophene rings is 1. The molecule has 1 aromatic rings. The van der Waals surface area contributed by atoms with E-state index in [9.17, 15) is 9.90 Å². The molecule has 3 unspecified atom stereocenters. The summed E-state index contributed by atoms with van der Waals surface area (Å²) in [4.78, 5) is 15.6. The van der Waals surface area contributed by atoms with E-state index in [2.05, 4.69) is 23.3 Å². The Bertz CT molecular complexity index is 499. The van der Waals surface area contributed by atoms with E-state index in [0.717, 1.165) is 44.7 Å². The third-order valence-electron chi connectivity index (χ3n) is 5.25. The van der Waals surface area contributed by atoms with Crippen molar-refractivity contribution >= 4 is 17.3 Å². The molecule has 1 saturated carbocycles. The van der Waals surface area contributed by atoms with Gasteiger partial charge >= 0.3 is 5.97 Å². The predicted molar refractivity (Wildman–Crippen MR) is 85.6 cm³/mol. The average molecular weight is 307 g/mol. The van der Waals surface area contributed by atoms with Crippen LogP contribution >= 0.6 is 11.3 Å². The van der Waals surface area contributed by atoms with Gasteiger partial charge in [0, 0.05) is 24.0 Å². The van der Waals surface area contributed by atoms with E-state index in [0.29, 0.717) is 0 Å². The smallest absolute Gasteiger partial charge is 0.308 e. The number of carboxylic acids is 1. The second kappa shape index (κ2) is 6.49. The number of hydrogen-bond acceptors (Lipinski definition) is 3. The van der Waals surface area contributed by atoms with Gasteiger partial charge in [0.05, 0.1) is 5.92 Å². The molecule has 4 heteroatoms. The first-order chi connectivity index (χ1) is 10.2. The van der Waals surface area contributed by atoms with Gasteiger partial charge in [0.25, 0.3) is 0 Å². The van der Waals surface area contributed by atoms with Crippen molar-refractivity contribution in [3.8, 4) is 0 Å². The Morgan fingerprint density at radius 3 is 3.10 bits per heavy atom. The molecule has 3 rings (SSSR count). The molecule has 3 atom stereocenters. The molecule has 2 heterocycles. The minimum Gasteiger partial charge on any atom is -0.481 e. The zero-order valence-corrected chi connectivity index (χ0v) is 13.6. The fourth-order valence-electron chi connectivity index (χ4n) is 4.15. The van der Waals surface area contributed by atoms with Crippen LogP contribution in [0.5, 0.6) is 0 Å². The molecule has 116 valence electrons. The number of nitrogens with zero attached hydrogens (tertiary/aromatic N) is 1. The summed E-state index contributed by atoms with van der Waals surface area (Å²) in [6, 6.07) is 2.45. The molecule has 2 aliphatic rings. The van der Waals surface area contributed by atoms with Gasteiger partial charge in [-0.05, 0) is 48.6 Å². The zero-order chi connectivity index (χ0) is 14.8. The van der Waals surface area contributed by atoms with Crippen LogP contribution in [-0.4, -0.2) is 28.6 Å². The Balaban J connectivity index is 1.74. The van der Waals surface area contributed by atoms with Crippen LogP contribution in [0.25, 0.3) is 0 Å². The van der Waals surface area contributed by atoms with Gasteiger partial charge in [-0.3, -0.25) is 9.69 Å². The lowest BCUT2D eigenvalue weighted by Crippen LogP contribution is -2.48. The first kappa shape index (κ1) is 15.0. The molecular formula is C17H25NO2S. The predicted octanol–water partition coefficient (Wildman–Crippen LogP) is 3.78. The maximum absolute atomic E-state index is 11.6. The van der Waals surface area contributed by atoms with Crippen LogP contribution < -0.4 is 0 Å². The van der Waals surface area contributed by atoms with E-state index in [1.165, 1.54) is 23.3 Å². The van der Waals surface area contributed by atoms with Crippen molar-refractivity contribution in [1.82, 2.24) is 4.90 Å². The number of aliphatic carboxylic acids is 1. The van der Waals surface area contributed by atoms with Gasteiger partial charge in [-0.2, -0.15) is 0 Å². The number of rotatable bonds is 4. The fourth-order valence-corrected chi connectivity index (χ4v) is 5.04. The Hall–Kier alpha value is -0.870. The van der Waals surface area contributed by atoms with Gasteiger partial charge in [0.2, 0.25) is 0 Å². The molecule has 1 N–H and O–H groups in total. The van der Waals surface area contributed by atoms with Crippen LogP contribution in [0.1, 0.15) is 49.5 Å². The van der Waals surface area contributed by atoms with Crippen molar-refractivity contribution in [2.24, 2.45) is 11.8 Å². The highest BCUT2D eigenvalue weighted by Crippen LogP contribution is 2.37. The molecule has 0 saturated heterocycles. The van der Waals surface area contributed by atoms with Crippen molar-refractivity contribution in [1.29, 1.82) is 0 Å². The molecular weight excluding hydrogens is 282 g/mol. The van der Waals surface area contributed by atoms with E-state index in [1.807, 2.05) is 11.3 Å². The molecule has 0 spiro atoms. The van der Waals surface area contributed by atoms with Crippen LogP contribution in [-0.2, 0) is 17.8 Å². The Morgan fingerprint density at radius 1 is 1.48 bits per heavy atom. The number of carboxylic acid groups (broad SMARTS) is 1. The minimum atomic E-state index is -0.592. The van der Waals surface area contributed by atoms with E-state index >= 15 is 0 Å². The summed E-state index contributed by atoms with van der Waals surface area (Å²) in [5.41, 5.74) is 1.42. The van der Waals surface area contributed by atoms with Gasteiger partial charge in [0.15, 0.2) is 0 Å². The van der Waals surface area contributed by atoms with Crippen molar-refractivity contribution in [3.63, 3.8) is 0 Å². The monoisotopic (exact) mass is 307 g/mol. The lowest BCUT2D eigenvalue weighted by Gasteiger charge is -2.42. The number of carbonyl (C=O) groups is 1. The van der Waals surface area contributed by atoms with Gasteiger partial charge in [-0.25, -0.2) is 0 Å². The quantitative estimate of drug-likeness (QED) is 0.920. The topological polar surface area (TPSA) is 40.5 Å². The highest BCUT2D eigenvalue weighted by atomic mass is 32.1. The zero-order valence-electron chi connectivity index (χ0n) is 12.8. The van der Waals surface area contributed by atoms with E-state index in [-0.39, 0.29) is 12.0 Å². The largest absolute Gasteiger partial charge is 0.481 e. The second-order valence-electron chi connectivity index (χ2n) is 6.57. The maximum atomic E-state index is 11.6. The van der Waals surface area contributed by atoms with Crippen molar-refractivity contribution in [2.75, 3.05) is 6.54 Å². The summed E-state index contributed by atoms with van der Waals surface area (Å²) >= 11 is 1.85. The van der Waals surface area contributed by atoms with Gasteiger partial charge in [0.1, 0.15) is 0 Å². The van der Waals surface area contributed by atoms with Crippen LogP contribution in [0.2, 0.25) is 0 Å². The van der Waals surface area contributed by atoms with Gasteiger partial charge in [-0.15, -0.1) is 11.3 Å². The van der Waals surface area contributed by atoms with E-state index in [4.69, 9.17) is 0 Å². The van der Waals surface area contributed by atoms with Gasteiger partial charge in [-0.1, -0.05) is 19.8 Å². The van der Waals surface area contributed by atoms with Crippen LogP contribution in [0.4, 0.5) is 0 Å². The summed E-state index contributed by atoms with van der Waals surface area (Å²) in [7, 11) is 0. The standard InChI is InChI=1S/C17H25NO2S/c1-2-3-12-4-5-14(17(19)20)15(10-12)18-8-6-16-13(11-18)7-9-21-16/h7,9,12,14-15H,2-6,8,10-11H2,1H3,(H,19,20). The lowest BCUT2D eigenvalue weighted by atomic mass is 9.75.